The molecule has 0 aromatic rings. The van der Waals surface area contributed by atoms with Crippen LogP contribution in [0.4, 0.5) is 0 Å². The van der Waals surface area contributed by atoms with Gasteiger partial charge in [0.05, 0.1) is 11.0 Å². The van der Waals surface area contributed by atoms with E-state index in [1.807, 2.05) is 6.92 Å². The molecule has 4 nitrogen and oxygen atoms in total. The SMILES string of the molecule is CC1CC1(C(=O)O)C1(O)CCN(C2CC2)CC1. The van der Waals surface area contributed by atoms with E-state index in [2.05, 4.69) is 4.90 Å². The monoisotopic (exact) mass is 239 g/mol. The number of carboxylic acid groups (broad SMARTS) is 1. The summed E-state index contributed by atoms with van der Waals surface area (Å²) in [5.41, 5.74) is -1.81. The minimum Gasteiger partial charge on any atom is -0.481 e. The van der Waals surface area contributed by atoms with Crippen LogP contribution >= 0.6 is 0 Å². The van der Waals surface area contributed by atoms with E-state index >= 15 is 0 Å². The lowest BCUT2D eigenvalue weighted by Crippen LogP contribution is -2.53. The van der Waals surface area contributed by atoms with Crippen molar-refractivity contribution in [3.63, 3.8) is 0 Å². The number of aliphatic carboxylic acids is 1. The fourth-order valence-corrected chi connectivity index (χ4v) is 3.71. The highest BCUT2D eigenvalue weighted by Crippen LogP contribution is 2.62. The Morgan fingerprint density at radius 1 is 1.29 bits per heavy atom. The number of likely N-dealkylation sites (tertiary alicyclic amines) is 1. The van der Waals surface area contributed by atoms with Crippen molar-refractivity contribution >= 4 is 5.97 Å². The van der Waals surface area contributed by atoms with Crippen molar-refractivity contribution in [2.45, 2.75) is 50.7 Å². The largest absolute Gasteiger partial charge is 0.481 e. The molecule has 0 radical (unpaired) electrons. The average molecular weight is 239 g/mol. The Labute approximate surface area is 102 Å². The number of nitrogens with zero attached hydrogens (tertiary/aromatic N) is 1. The van der Waals surface area contributed by atoms with E-state index in [1.165, 1.54) is 12.8 Å². The summed E-state index contributed by atoms with van der Waals surface area (Å²) in [6.07, 6.45) is 4.44. The fraction of sp³-hybridized carbons (Fsp3) is 0.923. The molecule has 96 valence electrons. The Balaban J connectivity index is 1.72. The molecule has 3 rings (SSSR count). The molecular formula is C13H21NO3. The number of hydrogen-bond acceptors (Lipinski definition) is 3. The van der Waals surface area contributed by atoms with Gasteiger partial charge in [0, 0.05) is 19.1 Å². The van der Waals surface area contributed by atoms with Crippen molar-refractivity contribution < 1.29 is 15.0 Å². The van der Waals surface area contributed by atoms with E-state index in [1.54, 1.807) is 0 Å². The molecule has 0 spiro atoms. The topological polar surface area (TPSA) is 60.8 Å². The molecular weight excluding hydrogens is 218 g/mol. The minimum atomic E-state index is -0.969. The highest BCUT2D eigenvalue weighted by molar-refractivity contribution is 5.80. The lowest BCUT2D eigenvalue weighted by Gasteiger charge is -2.42. The van der Waals surface area contributed by atoms with Gasteiger partial charge < -0.3 is 15.1 Å². The Morgan fingerprint density at radius 3 is 2.18 bits per heavy atom. The average Bonchev–Trinajstić information content (AvgIpc) is 3.12. The maximum Gasteiger partial charge on any atom is 0.312 e. The molecule has 3 aliphatic rings. The maximum absolute atomic E-state index is 11.5. The van der Waals surface area contributed by atoms with Gasteiger partial charge in [-0.3, -0.25) is 4.79 Å². The van der Waals surface area contributed by atoms with Gasteiger partial charge in [0.25, 0.3) is 0 Å². The van der Waals surface area contributed by atoms with Gasteiger partial charge in [-0.25, -0.2) is 0 Å². The van der Waals surface area contributed by atoms with Crippen molar-refractivity contribution in [1.82, 2.24) is 4.90 Å². The molecule has 0 aromatic heterocycles. The third-order valence-electron chi connectivity index (χ3n) is 5.21. The van der Waals surface area contributed by atoms with E-state index in [-0.39, 0.29) is 5.92 Å². The second kappa shape index (κ2) is 3.45. The number of aliphatic hydroxyl groups is 1. The first kappa shape index (κ1) is 11.5. The summed E-state index contributed by atoms with van der Waals surface area (Å²) < 4.78 is 0. The smallest absolute Gasteiger partial charge is 0.312 e. The molecule has 3 fully saturated rings. The molecule has 4 heteroatoms. The zero-order valence-corrected chi connectivity index (χ0v) is 10.4. The van der Waals surface area contributed by atoms with Gasteiger partial charge in [0.1, 0.15) is 0 Å². The number of hydrogen-bond donors (Lipinski definition) is 2. The van der Waals surface area contributed by atoms with Crippen molar-refractivity contribution in [1.29, 1.82) is 0 Å². The van der Waals surface area contributed by atoms with Gasteiger partial charge in [-0.15, -0.1) is 0 Å². The van der Waals surface area contributed by atoms with E-state index in [0.717, 1.165) is 19.1 Å². The molecule has 1 saturated heterocycles. The van der Waals surface area contributed by atoms with Gasteiger partial charge in [-0.05, 0) is 38.0 Å². The van der Waals surface area contributed by atoms with Crippen LogP contribution in [-0.2, 0) is 4.79 Å². The predicted octanol–water partition coefficient (Wildman–Crippen LogP) is 1.09. The van der Waals surface area contributed by atoms with E-state index in [0.29, 0.717) is 19.3 Å². The summed E-state index contributed by atoms with van der Waals surface area (Å²) in [4.78, 5) is 13.9. The highest BCUT2D eigenvalue weighted by atomic mass is 16.4. The van der Waals surface area contributed by atoms with Gasteiger partial charge in [0.15, 0.2) is 0 Å². The van der Waals surface area contributed by atoms with Crippen molar-refractivity contribution in [3.05, 3.63) is 0 Å². The summed E-state index contributed by atoms with van der Waals surface area (Å²) in [5, 5.41) is 20.1. The molecule has 2 atom stereocenters. The van der Waals surface area contributed by atoms with Crippen LogP contribution in [0.1, 0.15) is 39.0 Å². The quantitative estimate of drug-likeness (QED) is 0.774. The zero-order valence-electron chi connectivity index (χ0n) is 10.4. The lowest BCUT2D eigenvalue weighted by atomic mass is 9.75. The first-order valence-electron chi connectivity index (χ1n) is 6.69. The van der Waals surface area contributed by atoms with Crippen molar-refractivity contribution in [2.75, 3.05) is 13.1 Å². The van der Waals surface area contributed by atoms with Crippen LogP contribution < -0.4 is 0 Å². The Kier molecular flexibility index (Phi) is 2.33. The Hall–Kier alpha value is -0.610. The van der Waals surface area contributed by atoms with Gasteiger partial charge in [-0.1, -0.05) is 6.92 Å². The highest BCUT2D eigenvalue weighted by Gasteiger charge is 2.69. The molecule has 2 unspecified atom stereocenters. The zero-order chi connectivity index (χ0) is 12.3. The summed E-state index contributed by atoms with van der Waals surface area (Å²) in [5.74, 6) is -0.676. The van der Waals surface area contributed by atoms with E-state index in [4.69, 9.17) is 0 Å². The molecule has 0 amide bonds. The van der Waals surface area contributed by atoms with Crippen molar-refractivity contribution in [2.24, 2.45) is 11.3 Å². The van der Waals surface area contributed by atoms with E-state index in [9.17, 15) is 15.0 Å². The molecule has 2 saturated carbocycles. The number of piperidine rings is 1. The lowest BCUT2D eigenvalue weighted by molar-refractivity contribution is -0.162. The summed E-state index contributed by atoms with van der Waals surface area (Å²) in [7, 11) is 0. The fourth-order valence-electron chi connectivity index (χ4n) is 3.71. The third-order valence-corrected chi connectivity index (χ3v) is 5.21. The second-order valence-electron chi connectivity index (χ2n) is 6.18. The second-order valence-corrected chi connectivity index (χ2v) is 6.18. The summed E-state index contributed by atoms with van der Waals surface area (Å²) in [6, 6.07) is 0.719. The van der Waals surface area contributed by atoms with Crippen LogP contribution in [0.5, 0.6) is 0 Å². The first-order valence-corrected chi connectivity index (χ1v) is 6.69. The van der Waals surface area contributed by atoms with Crippen LogP contribution in [0.3, 0.4) is 0 Å². The minimum absolute atomic E-state index is 0.123. The van der Waals surface area contributed by atoms with Crippen molar-refractivity contribution in [3.8, 4) is 0 Å². The normalized spacial score (nSPS) is 41.2. The number of carboxylic acids is 1. The molecule has 0 aromatic carbocycles. The molecule has 2 N–H and O–H groups in total. The van der Waals surface area contributed by atoms with Gasteiger partial charge >= 0.3 is 5.97 Å². The Bertz CT molecular complexity index is 345. The molecule has 1 aliphatic heterocycles. The molecule has 0 bridgehead atoms. The molecule has 17 heavy (non-hydrogen) atoms. The number of carbonyl (C=O) groups is 1. The van der Waals surface area contributed by atoms with Gasteiger partial charge in [-0.2, -0.15) is 0 Å². The summed E-state index contributed by atoms with van der Waals surface area (Å²) >= 11 is 0. The molecule has 2 aliphatic carbocycles. The third kappa shape index (κ3) is 1.54. The standard InChI is InChI=1S/C13H21NO3/c1-9-8-13(9,11(15)16)12(17)4-6-14(7-5-12)10-2-3-10/h9-10,17H,2-8H2,1H3,(H,15,16). The van der Waals surface area contributed by atoms with Crippen LogP contribution in [0.25, 0.3) is 0 Å². The molecule has 1 heterocycles. The number of rotatable bonds is 3. The Morgan fingerprint density at radius 2 is 1.82 bits per heavy atom. The van der Waals surface area contributed by atoms with Crippen LogP contribution in [0, 0.1) is 11.3 Å². The van der Waals surface area contributed by atoms with Crippen LogP contribution in [0.2, 0.25) is 0 Å². The first-order chi connectivity index (χ1) is 7.99. The van der Waals surface area contributed by atoms with E-state index < -0.39 is 17.0 Å². The summed E-state index contributed by atoms with van der Waals surface area (Å²) in [6.45, 7) is 3.67. The van der Waals surface area contributed by atoms with Crippen LogP contribution in [0.15, 0.2) is 0 Å². The van der Waals surface area contributed by atoms with Gasteiger partial charge in [0.2, 0.25) is 0 Å². The predicted molar refractivity (Wildman–Crippen MR) is 62.6 cm³/mol. The maximum atomic E-state index is 11.5. The van der Waals surface area contributed by atoms with Crippen LogP contribution in [-0.4, -0.2) is 45.8 Å².